The molecule has 3 rings (SSSR count). The van der Waals surface area contributed by atoms with Crippen molar-refractivity contribution in [3.05, 3.63) is 30.5 Å². The molecule has 2 N–H and O–H groups in total. The number of hydrogen-bond donors (Lipinski definition) is 1. The third-order valence-electron chi connectivity index (χ3n) is 3.83. The Morgan fingerprint density at radius 1 is 1.20 bits per heavy atom. The van der Waals surface area contributed by atoms with Crippen molar-refractivity contribution in [2.45, 2.75) is 19.3 Å². The summed E-state index contributed by atoms with van der Waals surface area (Å²) in [6, 6.07) is 7.73. The van der Waals surface area contributed by atoms with E-state index in [-0.39, 0.29) is 0 Å². The average Bonchev–Trinajstić information content (AvgIpc) is 2.97. The Hall–Kier alpha value is -1.81. The van der Waals surface area contributed by atoms with Crippen LogP contribution in [0.2, 0.25) is 0 Å². The molecule has 0 spiro atoms. The Morgan fingerprint density at radius 3 is 2.90 bits per heavy atom. The van der Waals surface area contributed by atoms with Gasteiger partial charge in [0.15, 0.2) is 0 Å². The fourth-order valence-corrected chi connectivity index (χ4v) is 2.72. The number of benzene rings is 1. The Kier molecular flexibility index (Phi) is 4.02. The summed E-state index contributed by atoms with van der Waals surface area (Å²) in [7, 11) is 0. The molecule has 0 unspecified atom stereocenters. The molecule has 0 saturated carbocycles. The average molecular weight is 271 g/mol. The summed E-state index contributed by atoms with van der Waals surface area (Å²) in [6.07, 6.45) is 5.49. The van der Waals surface area contributed by atoms with Gasteiger partial charge in [0.05, 0.1) is 12.1 Å². The summed E-state index contributed by atoms with van der Waals surface area (Å²) >= 11 is 0. The molecule has 0 atom stereocenters. The van der Waals surface area contributed by atoms with Gasteiger partial charge >= 0.3 is 0 Å². The minimum atomic E-state index is 0.754. The Balaban J connectivity index is 1.54. The molecule has 1 aliphatic heterocycles. The van der Waals surface area contributed by atoms with Crippen LogP contribution in [0.5, 0.6) is 5.75 Å². The van der Waals surface area contributed by atoms with Gasteiger partial charge in [-0.2, -0.15) is 0 Å². The van der Waals surface area contributed by atoms with Crippen molar-refractivity contribution in [3.8, 4) is 5.75 Å². The molecule has 0 radical (unpaired) electrons. The van der Waals surface area contributed by atoms with Crippen molar-refractivity contribution in [2.24, 2.45) is 0 Å². The van der Waals surface area contributed by atoms with Crippen LogP contribution in [0.3, 0.4) is 0 Å². The number of rotatable bonds is 5. The lowest BCUT2D eigenvalue weighted by Gasteiger charge is -2.14. The number of ether oxygens (including phenoxy) is 1. The van der Waals surface area contributed by atoms with Gasteiger partial charge in [0.25, 0.3) is 0 Å². The maximum absolute atomic E-state index is 5.91. The molecule has 1 aliphatic rings. The molecule has 106 valence electrons. The van der Waals surface area contributed by atoms with E-state index in [2.05, 4.69) is 9.88 Å². The molecule has 20 heavy (non-hydrogen) atoms. The molecule has 2 aromatic rings. The predicted molar refractivity (Wildman–Crippen MR) is 81.9 cm³/mol. The van der Waals surface area contributed by atoms with Gasteiger partial charge in [0.1, 0.15) is 5.75 Å². The summed E-state index contributed by atoms with van der Waals surface area (Å²) in [5.41, 5.74) is 7.56. The van der Waals surface area contributed by atoms with Crippen LogP contribution in [0.1, 0.15) is 19.3 Å². The molecular weight excluding hydrogens is 250 g/mol. The zero-order valence-corrected chi connectivity index (χ0v) is 11.7. The highest BCUT2D eigenvalue weighted by Crippen LogP contribution is 2.23. The summed E-state index contributed by atoms with van der Waals surface area (Å²) in [5.74, 6) is 0.872. The lowest BCUT2D eigenvalue weighted by atomic mass is 10.2. The maximum atomic E-state index is 5.91. The number of pyridine rings is 1. The standard InChI is InChI=1S/C16H21N3O/c17-15-6-7-18-16-12-13(4-5-14(15)16)20-11-3-10-19-8-1-2-9-19/h4-7,12H,1-3,8-11H2,(H2,17,18). The van der Waals surface area contributed by atoms with E-state index in [1.54, 1.807) is 6.20 Å². The lowest BCUT2D eigenvalue weighted by molar-refractivity contribution is 0.263. The van der Waals surface area contributed by atoms with Crippen LogP contribution in [-0.2, 0) is 0 Å². The van der Waals surface area contributed by atoms with Crippen LogP contribution in [0.25, 0.3) is 10.9 Å². The number of fused-ring (bicyclic) bond motifs is 1. The molecule has 0 aliphatic carbocycles. The third-order valence-corrected chi connectivity index (χ3v) is 3.83. The fourth-order valence-electron chi connectivity index (χ4n) is 2.72. The van der Waals surface area contributed by atoms with E-state index in [0.717, 1.165) is 41.9 Å². The van der Waals surface area contributed by atoms with E-state index in [0.29, 0.717) is 0 Å². The molecular formula is C16H21N3O. The number of hydrogen-bond acceptors (Lipinski definition) is 4. The molecule has 4 nitrogen and oxygen atoms in total. The number of nitrogens with zero attached hydrogens (tertiary/aromatic N) is 2. The molecule has 1 aromatic heterocycles. The second-order valence-electron chi connectivity index (χ2n) is 5.33. The molecule has 4 heteroatoms. The maximum Gasteiger partial charge on any atom is 0.121 e. The van der Waals surface area contributed by atoms with Crippen molar-refractivity contribution in [1.82, 2.24) is 9.88 Å². The van der Waals surface area contributed by atoms with E-state index < -0.39 is 0 Å². The third kappa shape index (κ3) is 3.02. The monoisotopic (exact) mass is 271 g/mol. The van der Waals surface area contributed by atoms with E-state index >= 15 is 0 Å². The summed E-state index contributed by atoms with van der Waals surface area (Å²) in [4.78, 5) is 6.83. The van der Waals surface area contributed by atoms with E-state index in [1.807, 2.05) is 24.3 Å². The molecule has 1 fully saturated rings. The largest absolute Gasteiger partial charge is 0.493 e. The minimum absolute atomic E-state index is 0.754. The van der Waals surface area contributed by atoms with Crippen LogP contribution in [0.4, 0.5) is 5.69 Å². The minimum Gasteiger partial charge on any atom is -0.493 e. The second kappa shape index (κ2) is 6.09. The van der Waals surface area contributed by atoms with Crippen LogP contribution in [0, 0.1) is 0 Å². The lowest BCUT2D eigenvalue weighted by Crippen LogP contribution is -2.21. The first kappa shape index (κ1) is 13.2. The normalized spacial score (nSPS) is 15.8. The zero-order chi connectivity index (χ0) is 13.8. The smallest absolute Gasteiger partial charge is 0.121 e. The van der Waals surface area contributed by atoms with E-state index in [9.17, 15) is 0 Å². The number of anilines is 1. The predicted octanol–water partition coefficient (Wildman–Crippen LogP) is 2.68. The molecule has 0 bridgehead atoms. The molecule has 2 heterocycles. The molecule has 0 amide bonds. The van der Waals surface area contributed by atoms with Crippen molar-refractivity contribution >= 4 is 16.6 Å². The first-order valence-corrected chi connectivity index (χ1v) is 7.32. The van der Waals surface area contributed by atoms with Gasteiger partial charge in [-0.3, -0.25) is 4.98 Å². The zero-order valence-electron chi connectivity index (χ0n) is 11.7. The van der Waals surface area contributed by atoms with Crippen molar-refractivity contribution in [2.75, 3.05) is 32.0 Å². The summed E-state index contributed by atoms with van der Waals surface area (Å²) in [5, 5.41) is 0.983. The SMILES string of the molecule is Nc1ccnc2cc(OCCCN3CCCC3)ccc12. The van der Waals surface area contributed by atoms with Crippen LogP contribution < -0.4 is 10.5 Å². The first-order chi connectivity index (χ1) is 9.83. The second-order valence-corrected chi connectivity index (χ2v) is 5.33. The Bertz CT molecular complexity index is 579. The topological polar surface area (TPSA) is 51.4 Å². The number of likely N-dealkylation sites (tertiary alicyclic amines) is 1. The van der Waals surface area contributed by atoms with Crippen LogP contribution in [0.15, 0.2) is 30.5 Å². The van der Waals surface area contributed by atoms with Gasteiger partial charge in [0.2, 0.25) is 0 Å². The van der Waals surface area contributed by atoms with Crippen LogP contribution in [-0.4, -0.2) is 36.1 Å². The number of nitrogen functional groups attached to an aromatic ring is 1. The fraction of sp³-hybridized carbons (Fsp3) is 0.438. The summed E-state index contributed by atoms with van der Waals surface area (Å²) in [6.45, 7) is 4.39. The van der Waals surface area contributed by atoms with Gasteiger partial charge in [-0.05, 0) is 50.6 Å². The Labute approximate surface area is 119 Å². The quantitative estimate of drug-likeness (QED) is 0.849. The number of aromatic nitrogens is 1. The van der Waals surface area contributed by atoms with Crippen molar-refractivity contribution in [3.63, 3.8) is 0 Å². The van der Waals surface area contributed by atoms with Gasteiger partial charge in [0, 0.05) is 29.9 Å². The summed E-state index contributed by atoms with van der Waals surface area (Å²) < 4.78 is 5.81. The first-order valence-electron chi connectivity index (χ1n) is 7.32. The van der Waals surface area contributed by atoms with E-state index in [4.69, 9.17) is 10.5 Å². The van der Waals surface area contributed by atoms with Crippen molar-refractivity contribution < 1.29 is 4.74 Å². The molecule has 1 saturated heterocycles. The van der Waals surface area contributed by atoms with E-state index in [1.165, 1.54) is 25.9 Å². The highest BCUT2D eigenvalue weighted by molar-refractivity contribution is 5.90. The van der Waals surface area contributed by atoms with Crippen LogP contribution >= 0.6 is 0 Å². The Morgan fingerprint density at radius 2 is 2.05 bits per heavy atom. The highest BCUT2D eigenvalue weighted by Gasteiger charge is 2.10. The van der Waals surface area contributed by atoms with Gasteiger partial charge in [-0.25, -0.2) is 0 Å². The van der Waals surface area contributed by atoms with Gasteiger partial charge in [-0.15, -0.1) is 0 Å². The van der Waals surface area contributed by atoms with Gasteiger partial charge < -0.3 is 15.4 Å². The van der Waals surface area contributed by atoms with Gasteiger partial charge in [-0.1, -0.05) is 0 Å². The number of nitrogens with two attached hydrogens (primary N) is 1. The van der Waals surface area contributed by atoms with Crippen molar-refractivity contribution in [1.29, 1.82) is 0 Å². The highest BCUT2D eigenvalue weighted by atomic mass is 16.5. The molecule has 1 aromatic carbocycles.